The van der Waals surface area contributed by atoms with Crippen LogP contribution in [0.25, 0.3) is 0 Å². The Kier molecular flexibility index (Phi) is 6.24. The second kappa shape index (κ2) is 7.94. The van der Waals surface area contributed by atoms with Gasteiger partial charge >= 0.3 is 0 Å². The standard InChI is InChI=1S/C13H21IN4O2/c1-11-12(14)10-16-18(11)4-2-13(19)15-3-5-17-6-8-20-9-7-17/h10H,2-9H2,1H3,(H,15,19). The van der Waals surface area contributed by atoms with E-state index in [-0.39, 0.29) is 5.91 Å². The Morgan fingerprint density at radius 2 is 2.20 bits per heavy atom. The minimum Gasteiger partial charge on any atom is -0.379 e. The predicted molar refractivity (Wildman–Crippen MR) is 84.6 cm³/mol. The van der Waals surface area contributed by atoms with E-state index in [2.05, 4.69) is 37.9 Å². The van der Waals surface area contributed by atoms with E-state index < -0.39 is 0 Å². The first-order valence-corrected chi connectivity index (χ1v) is 7.99. The Morgan fingerprint density at radius 1 is 1.45 bits per heavy atom. The quantitative estimate of drug-likeness (QED) is 0.722. The zero-order chi connectivity index (χ0) is 14.4. The summed E-state index contributed by atoms with van der Waals surface area (Å²) in [6.45, 7) is 7.77. The molecule has 20 heavy (non-hydrogen) atoms. The Labute approximate surface area is 133 Å². The van der Waals surface area contributed by atoms with Gasteiger partial charge < -0.3 is 10.1 Å². The van der Waals surface area contributed by atoms with Gasteiger partial charge in [0.1, 0.15) is 0 Å². The number of ether oxygens (including phenoxy) is 1. The highest BCUT2D eigenvalue weighted by molar-refractivity contribution is 14.1. The molecule has 1 aliphatic heterocycles. The molecule has 1 amide bonds. The summed E-state index contributed by atoms with van der Waals surface area (Å²) in [4.78, 5) is 14.1. The Balaban J connectivity index is 1.61. The van der Waals surface area contributed by atoms with Gasteiger partial charge in [-0.2, -0.15) is 5.10 Å². The summed E-state index contributed by atoms with van der Waals surface area (Å²) in [5, 5.41) is 7.21. The average Bonchev–Trinajstić information content (AvgIpc) is 2.78. The van der Waals surface area contributed by atoms with Crippen LogP contribution < -0.4 is 5.32 Å². The molecule has 0 radical (unpaired) electrons. The van der Waals surface area contributed by atoms with Gasteiger partial charge in [0, 0.05) is 44.8 Å². The summed E-state index contributed by atoms with van der Waals surface area (Å²) in [5.74, 6) is 0.0863. The summed E-state index contributed by atoms with van der Waals surface area (Å²) in [5.41, 5.74) is 1.12. The van der Waals surface area contributed by atoms with Gasteiger partial charge in [-0.05, 0) is 29.5 Å². The van der Waals surface area contributed by atoms with Crippen LogP contribution >= 0.6 is 22.6 Å². The molecule has 0 aliphatic carbocycles. The summed E-state index contributed by atoms with van der Waals surface area (Å²) in [7, 11) is 0. The molecule has 2 rings (SSSR count). The summed E-state index contributed by atoms with van der Waals surface area (Å²) < 4.78 is 8.30. The third-order valence-electron chi connectivity index (χ3n) is 3.45. The molecular weight excluding hydrogens is 371 g/mol. The van der Waals surface area contributed by atoms with Crippen LogP contribution in [0.15, 0.2) is 6.20 Å². The van der Waals surface area contributed by atoms with E-state index in [1.165, 1.54) is 0 Å². The van der Waals surface area contributed by atoms with Crippen LogP contribution in [0.5, 0.6) is 0 Å². The molecule has 6 nitrogen and oxygen atoms in total. The number of aromatic nitrogens is 2. The number of hydrogen-bond acceptors (Lipinski definition) is 4. The van der Waals surface area contributed by atoms with Crippen molar-refractivity contribution in [2.75, 3.05) is 39.4 Å². The molecule has 1 aromatic rings. The van der Waals surface area contributed by atoms with Crippen molar-refractivity contribution in [3.63, 3.8) is 0 Å². The van der Waals surface area contributed by atoms with E-state index in [0.717, 1.165) is 42.1 Å². The fourth-order valence-electron chi connectivity index (χ4n) is 2.12. The lowest BCUT2D eigenvalue weighted by atomic mass is 10.3. The minimum atomic E-state index is 0.0863. The molecule has 2 heterocycles. The van der Waals surface area contributed by atoms with Crippen molar-refractivity contribution in [1.82, 2.24) is 20.0 Å². The van der Waals surface area contributed by atoms with Crippen molar-refractivity contribution in [3.05, 3.63) is 15.5 Å². The first-order valence-electron chi connectivity index (χ1n) is 6.91. The molecule has 112 valence electrons. The molecule has 1 saturated heterocycles. The van der Waals surface area contributed by atoms with E-state index in [0.29, 0.717) is 19.5 Å². The smallest absolute Gasteiger partial charge is 0.221 e. The number of nitrogens with zero attached hydrogens (tertiary/aromatic N) is 3. The van der Waals surface area contributed by atoms with Crippen LogP contribution in [0.1, 0.15) is 12.1 Å². The topological polar surface area (TPSA) is 59.4 Å². The molecular formula is C13H21IN4O2. The van der Waals surface area contributed by atoms with E-state index in [1.807, 2.05) is 17.8 Å². The molecule has 0 saturated carbocycles. The van der Waals surface area contributed by atoms with Gasteiger partial charge in [-0.1, -0.05) is 0 Å². The SMILES string of the molecule is Cc1c(I)cnn1CCC(=O)NCCN1CCOCC1. The van der Waals surface area contributed by atoms with Crippen molar-refractivity contribution in [2.24, 2.45) is 0 Å². The van der Waals surface area contributed by atoms with Crippen molar-refractivity contribution < 1.29 is 9.53 Å². The van der Waals surface area contributed by atoms with E-state index in [4.69, 9.17) is 4.74 Å². The lowest BCUT2D eigenvalue weighted by Gasteiger charge is -2.26. The number of morpholine rings is 1. The number of aryl methyl sites for hydroxylation is 1. The van der Waals surface area contributed by atoms with E-state index >= 15 is 0 Å². The van der Waals surface area contributed by atoms with Gasteiger partial charge in [0.2, 0.25) is 5.91 Å². The third kappa shape index (κ3) is 4.71. The lowest BCUT2D eigenvalue weighted by Crippen LogP contribution is -2.41. The fourth-order valence-corrected chi connectivity index (χ4v) is 2.53. The highest BCUT2D eigenvalue weighted by atomic mass is 127. The highest BCUT2D eigenvalue weighted by Crippen LogP contribution is 2.09. The number of carbonyl (C=O) groups excluding carboxylic acids is 1. The third-order valence-corrected chi connectivity index (χ3v) is 4.51. The molecule has 1 fully saturated rings. The molecule has 1 aromatic heterocycles. The van der Waals surface area contributed by atoms with Crippen LogP contribution in [-0.4, -0.2) is 60.0 Å². The van der Waals surface area contributed by atoms with Crippen LogP contribution in [0.2, 0.25) is 0 Å². The maximum absolute atomic E-state index is 11.8. The second-order valence-electron chi connectivity index (χ2n) is 4.86. The molecule has 0 unspecified atom stereocenters. The van der Waals surface area contributed by atoms with Crippen molar-refractivity contribution in [2.45, 2.75) is 19.9 Å². The highest BCUT2D eigenvalue weighted by Gasteiger charge is 2.10. The monoisotopic (exact) mass is 392 g/mol. The zero-order valence-corrected chi connectivity index (χ0v) is 13.9. The Morgan fingerprint density at radius 3 is 2.85 bits per heavy atom. The van der Waals surface area contributed by atoms with Crippen LogP contribution in [0, 0.1) is 10.5 Å². The Hall–Kier alpha value is -0.670. The summed E-state index contributed by atoms with van der Waals surface area (Å²) in [6, 6.07) is 0. The first kappa shape index (κ1) is 15.7. The van der Waals surface area contributed by atoms with Gasteiger partial charge in [0.15, 0.2) is 0 Å². The fraction of sp³-hybridized carbons (Fsp3) is 0.692. The number of nitrogens with one attached hydrogen (secondary N) is 1. The van der Waals surface area contributed by atoms with Crippen molar-refractivity contribution in [1.29, 1.82) is 0 Å². The second-order valence-corrected chi connectivity index (χ2v) is 6.02. The van der Waals surface area contributed by atoms with Crippen LogP contribution in [-0.2, 0) is 16.1 Å². The molecule has 7 heteroatoms. The summed E-state index contributed by atoms with van der Waals surface area (Å²) >= 11 is 2.25. The molecule has 0 aromatic carbocycles. The molecule has 0 spiro atoms. The maximum atomic E-state index is 11.8. The number of halogens is 1. The van der Waals surface area contributed by atoms with Gasteiger partial charge in [-0.15, -0.1) is 0 Å². The lowest BCUT2D eigenvalue weighted by molar-refractivity contribution is -0.121. The number of amides is 1. The first-order chi connectivity index (χ1) is 9.66. The largest absolute Gasteiger partial charge is 0.379 e. The number of hydrogen-bond donors (Lipinski definition) is 1. The minimum absolute atomic E-state index is 0.0863. The van der Waals surface area contributed by atoms with Crippen molar-refractivity contribution in [3.8, 4) is 0 Å². The molecule has 1 aliphatic rings. The molecule has 0 atom stereocenters. The number of carbonyl (C=O) groups is 1. The normalized spacial score (nSPS) is 16.3. The van der Waals surface area contributed by atoms with Gasteiger partial charge in [-0.25, -0.2) is 0 Å². The predicted octanol–water partition coefficient (Wildman–Crippen LogP) is 0.635. The summed E-state index contributed by atoms with van der Waals surface area (Å²) in [6.07, 6.45) is 2.30. The van der Waals surface area contributed by atoms with Crippen LogP contribution in [0.3, 0.4) is 0 Å². The Bertz CT molecular complexity index is 444. The van der Waals surface area contributed by atoms with Gasteiger partial charge in [0.05, 0.1) is 23.0 Å². The van der Waals surface area contributed by atoms with Gasteiger partial charge in [0.25, 0.3) is 0 Å². The van der Waals surface area contributed by atoms with Gasteiger partial charge in [-0.3, -0.25) is 14.4 Å². The molecule has 0 bridgehead atoms. The van der Waals surface area contributed by atoms with Crippen LogP contribution in [0.4, 0.5) is 0 Å². The van der Waals surface area contributed by atoms with E-state index in [1.54, 1.807) is 0 Å². The average molecular weight is 392 g/mol. The van der Waals surface area contributed by atoms with E-state index in [9.17, 15) is 4.79 Å². The number of rotatable bonds is 6. The zero-order valence-electron chi connectivity index (χ0n) is 11.8. The maximum Gasteiger partial charge on any atom is 0.221 e. The molecule has 1 N–H and O–H groups in total. The van der Waals surface area contributed by atoms with Crippen molar-refractivity contribution >= 4 is 28.5 Å².